The van der Waals surface area contributed by atoms with Crippen LogP contribution in [-0.2, 0) is 0 Å². The third-order valence-electron chi connectivity index (χ3n) is 1.78. The maximum absolute atomic E-state index is 12.8. The van der Waals surface area contributed by atoms with E-state index in [0.29, 0.717) is 5.56 Å². The van der Waals surface area contributed by atoms with Crippen LogP contribution in [0.3, 0.4) is 0 Å². The molecule has 0 bridgehead atoms. The minimum Gasteiger partial charge on any atom is -0.316 e. The minimum absolute atomic E-state index is 0.255. The number of alkyl halides is 3. The second kappa shape index (κ2) is 3.57. The quantitative estimate of drug-likeness (QED) is 0.704. The van der Waals surface area contributed by atoms with Crippen LogP contribution < -0.4 is 5.73 Å². The van der Waals surface area contributed by atoms with Crippen LogP contribution in [0.4, 0.5) is 17.6 Å². The molecule has 1 nitrogen and oxygen atoms in total. The Labute approximate surface area is 78.5 Å². The predicted molar refractivity (Wildman–Crippen MR) is 44.1 cm³/mol. The Hall–Kier alpha value is -1.10. The first kappa shape index (κ1) is 11.0. The molecular formula is C9H9F4N. The summed E-state index contributed by atoms with van der Waals surface area (Å²) >= 11 is 0. The van der Waals surface area contributed by atoms with Gasteiger partial charge in [-0.05, 0) is 30.2 Å². The molecule has 1 rings (SSSR count). The van der Waals surface area contributed by atoms with Gasteiger partial charge < -0.3 is 5.73 Å². The van der Waals surface area contributed by atoms with Crippen molar-refractivity contribution in [3.8, 4) is 0 Å². The van der Waals surface area contributed by atoms with Gasteiger partial charge in [-0.2, -0.15) is 13.2 Å². The summed E-state index contributed by atoms with van der Waals surface area (Å²) in [6.07, 6.45) is -4.54. The molecule has 0 fully saturated rings. The maximum Gasteiger partial charge on any atom is 0.407 e. The van der Waals surface area contributed by atoms with E-state index in [1.165, 1.54) is 13.0 Å². The lowest BCUT2D eigenvalue weighted by molar-refractivity contribution is -0.149. The molecule has 0 amide bonds. The zero-order valence-corrected chi connectivity index (χ0v) is 7.40. The highest BCUT2D eigenvalue weighted by molar-refractivity contribution is 5.26. The Bertz CT molecular complexity index is 312. The molecule has 0 unspecified atom stereocenters. The Morgan fingerprint density at radius 1 is 1.21 bits per heavy atom. The Morgan fingerprint density at radius 2 is 1.79 bits per heavy atom. The van der Waals surface area contributed by atoms with Gasteiger partial charge in [-0.15, -0.1) is 0 Å². The van der Waals surface area contributed by atoms with Crippen molar-refractivity contribution in [3.63, 3.8) is 0 Å². The molecule has 78 valence electrons. The normalized spacial score (nSPS) is 14.1. The molecule has 0 aromatic heterocycles. The van der Waals surface area contributed by atoms with Crippen LogP contribution in [0.5, 0.6) is 0 Å². The van der Waals surface area contributed by atoms with E-state index in [1.807, 2.05) is 0 Å². The van der Waals surface area contributed by atoms with Crippen molar-refractivity contribution < 1.29 is 17.6 Å². The Morgan fingerprint density at radius 3 is 2.21 bits per heavy atom. The second-order valence-corrected chi connectivity index (χ2v) is 3.08. The van der Waals surface area contributed by atoms with Crippen molar-refractivity contribution in [2.75, 3.05) is 0 Å². The number of aryl methyl sites for hydroxylation is 1. The van der Waals surface area contributed by atoms with Crippen molar-refractivity contribution in [1.29, 1.82) is 0 Å². The average molecular weight is 207 g/mol. The molecule has 0 spiro atoms. The van der Waals surface area contributed by atoms with E-state index in [0.717, 1.165) is 12.1 Å². The number of hydrogen-bond acceptors (Lipinski definition) is 1. The molecule has 0 aliphatic carbocycles. The lowest BCUT2D eigenvalue weighted by Gasteiger charge is -2.16. The fourth-order valence-electron chi connectivity index (χ4n) is 1.13. The van der Waals surface area contributed by atoms with E-state index in [2.05, 4.69) is 0 Å². The molecule has 2 N–H and O–H groups in total. The van der Waals surface area contributed by atoms with Gasteiger partial charge in [0.05, 0.1) is 0 Å². The van der Waals surface area contributed by atoms with Gasteiger partial charge in [0.15, 0.2) is 0 Å². The first-order valence-corrected chi connectivity index (χ1v) is 3.90. The first-order chi connectivity index (χ1) is 6.30. The third-order valence-corrected chi connectivity index (χ3v) is 1.78. The van der Waals surface area contributed by atoms with Crippen LogP contribution in [0.2, 0.25) is 0 Å². The van der Waals surface area contributed by atoms with Gasteiger partial charge in [-0.3, -0.25) is 0 Å². The van der Waals surface area contributed by atoms with Gasteiger partial charge in [-0.1, -0.05) is 6.07 Å². The lowest BCUT2D eigenvalue weighted by atomic mass is 10.0. The molecule has 0 aliphatic heterocycles. The van der Waals surface area contributed by atoms with Crippen molar-refractivity contribution in [2.24, 2.45) is 5.73 Å². The third kappa shape index (κ3) is 2.45. The molecule has 0 heterocycles. The molecule has 5 heteroatoms. The van der Waals surface area contributed by atoms with E-state index in [1.54, 1.807) is 0 Å². The van der Waals surface area contributed by atoms with Gasteiger partial charge in [0, 0.05) is 0 Å². The topological polar surface area (TPSA) is 26.0 Å². The van der Waals surface area contributed by atoms with Gasteiger partial charge in [0.25, 0.3) is 0 Å². The monoisotopic (exact) mass is 207 g/mol. The van der Waals surface area contributed by atoms with Crippen LogP contribution in [-0.4, -0.2) is 6.18 Å². The fourth-order valence-corrected chi connectivity index (χ4v) is 1.13. The number of nitrogens with two attached hydrogens (primary N) is 1. The smallest absolute Gasteiger partial charge is 0.316 e. The molecule has 0 saturated carbocycles. The van der Waals surface area contributed by atoms with Crippen LogP contribution in [0, 0.1) is 12.7 Å². The maximum atomic E-state index is 12.8. The summed E-state index contributed by atoms with van der Waals surface area (Å²) < 4.78 is 49.2. The zero-order chi connectivity index (χ0) is 10.9. The minimum atomic E-state index is -4.54. The predicted octanol–water partition coefficient (Wildman–Crippen LogP) is 2.70. The summed E-state index contributed by atoms with van der Waals surface area (Å²) in [4.78, 5) is 0. The van der Waals surface area contributed by atoms with Gasteiger partial charge in [0.2, 0.25) is 0 Å². The molecule has 1 atom stereocenters. The van der Waals surface area contributed by atoms with Gasteiger partial charge >= 0.3 is 6.18 Å². The summed E-state index contributed by atoms with van der Waals surface area (Å²) in [6, 6.07) is 1.04. The summed E-state index contributed by atoms with van der Waals surface area (Å²) in [5.41, 5.74) is 5.08. The zero-order valence-electron chi connectivity index (χ0n) is 7.40. The van der Waals surface area contributed by atoms with Crippen LogP contribution in [0.1, 0.15) is 17.2 Å². The van der Waals surface area contributed by atoms with E-state index in [4.69, 9.17) is 5.73 Å². The van der Waals surface area contributed by atoms with E-state index >= 15 is 0 Å². The molecule has 0 saturated heterocycles. The van der Waals surface area contributed by atoms with Crippen molar-refractivity contribution >= 4 is 0 Å². The standard InChI is InChI=1S/C9H9F4N/c1-5-2-6(4-7(10)3-5)8(14)9(11,12)13/h2-4,8H,14H2,1H3/t8-/m1/s1. The average Bonchev–Trinajstić information content (AvgIpc) is 1.99. The second-order valence-electron chi connectivity index (χ2n) is 3.08. The molecule has 1 aromatic carbocycles. The summed E-state index contributed by atoms with van der Waals surface area (Å²) in [5.74, 6) is -0.709. The Balaban J connectivity index is 3.07. The highest BCUT2D eigenvalue weighted by Gasteiger charge is 2.37. The van der Waals surface area contributed by atoms with Crippen molar-refractivity contribution in [1.82, 2.24) is 0 Å². The van der Waals surface area contributed by atoms with Crippen LogP contribution >= 0.6 is 0 Å². The fraction of sp³-hybridized carbons (Fsp3) is 0.333. The van der Waals surface area contributed by atoms with Crippen LogP contribution in [0.15, 0.2) is 18.2 Å². The number of halogens is 4. The number of rotatable bonds is 1. The molecular weight excluding hydrogens is 198 g/mol. The highest BCUT2D eigenvalue weighted by Crippen LogP contribution is 2.30. The van der Waals surface area contributed by atoms with E-state index in [-0.39, 0.29) is 5.56 Å². The largest absolute Gasteiger partial charge is 0.407 e. The van der Waals surface area contributed by atoms with Gasteiger partial charge in [-0.25, -0.2) is 4.39 Å². The summed E-state index contributed by atoms with van der Waals surface area (Å²) in [6.45, 7) is 1.51. The van der Waals surface area contributed by atoms with Crippen LogP contribution in [0.25, 0.3) is 0 Å². The first-order valence-electron chi connectivity index (χ1n) is 3.90. The number of benzene rings is 1. The van der Waals surface area contributed by atoms with Crippen molar-refractivity contribution in [2.45, 2.75) is 19.1 Å². The number of hydrogen-bond donors (Lipinski definition) is 1. The Kier molecular flexibility index (Phi) is 2.80. The summed E-state index contributed by atoms with van der Waals surface area (Å²) in [7, 11) is 0. The molecule has 0 aliphatic rings. The molecule has 14 heavy (non-hydrogen) atoms. The SMILES string of the molecule is Cc1cc(F)cc([C@@H](N)C(F)(F)F)c1. The van der Waals surface area contributed by atoms with E-state index < -0.39 is 18.0 Å². The van der Waals surface area contributed by atoms with E-state index in [9.17, 15) is 17.6 Å². The highest BCUT2D eigenvalue weighted by atomic mass is 19.4. The molecule has 0 radical (unpaired) electrons. The molecule has 1 aromatic rings. The van der Waals surface area contributed by atoms with Gasteiger partial charge in [0.1, 0.15) is 11.9 Å². The summed E-state index contributed by atoms with van der Waals surface area (Å²) in [5, 5.41) is 0. The van der Waals surface area contributed by atoms with Crippen molar-refractivity contribution in [3.05, 3.63) is 35.1 Å². The lowest BCUT2D eigenvalue weighted by Crippen LogP contribution is -2.28.